The van der Waals surface area contributed by atoms with E-state index in [9.17, 15) is 13.5 Å². The number of rotatable bonds is 2. The first-order valence-electron chi connectivity index (χ1n) is 5.83. The highest BCUT2D eigenvalue weighted by atomic mass is 79.9. The van der Waals surface area contributed by atoms with Crippen molar-refractivity contribution in [1.82, 2.24) is 0 Å². The van der Waals surface area contributed by atoms with Gasteiger partial charge in [-0.3, -0.25) is 0 Å². The molecule has 0 atom stereocenters. The molecule has 1 aliphatic rings. The van der Waals surface area contributed by atoms with Crippen LogP contribution in [0.25, 0.3) is 0 Å². The van der Waals surface area contributed by atoms with Gasteiger partial charge in [0.25, 0.3) is 0 Å². The fourth-order valence-corrected chi connectivity index (χ4v) is 4.03. The van der Waals surface area contributed by atoms with Gasteiger partial charge in [-0.05, 0) is 52.7 Å². The summed E-state index contributed by atoms with van der Waals surface area (Å²) in [5.41, 5.74) is 2.59. The largest absolute Gasteiger partial charge is 0.506 e. The third kappa shape index (κ3) is 3.19. The van der Waals surface area contributed by atoms with Crippen molar-refractivity contribution in [3.8, 4) is 5.75 Å². The van der Waals surface area contributed by atoms with Crippen LogP contribution >= 0.6 is 26.6 Å². The molecule has 100 valence electrons. The van der Waals surface area contributed by atoms with Crippen LogP contribution in [0.2, 0.25) is 0 Å². The molecule has 0 radical (unpaired) electrons. The van der Waals surface area contributed by atoms with Gasteiger partial charge in [-0.2, -0.15) is 0 Å². The van der Waals surface area contributed by atoms with Crippen molar-refractivity contribution >= 4 is 35.7 Å². The Morgan fingerprint density at radius 3 is 2.61 bits per heavy atom. The molecule has 0 saturated carbocycles. The number of fused-ring (bicyclic) bond motifs is 1. The second kappa shape index (κ2) is 5.39. The Kier molecular flexibility index (Phi) is 4.24. The van der Waals surface area contributed by atoms with E-state index in [0.717, 1.165) is 43.2 Å². The zero-order valence-corrected chi connectivity index (χ0v) is 12.9. The van der Waals surface area contributed by atoms with Crippen molar-refractivity contribution in [2.75, 3.05) is 0 Å². The van der Waals surface area contributed by atoms with Gasteiger partial charge in [0.2, 0.25) is 9.05 Å². The number of phenols is 1. The van der Waals surface area contributed by atoms with Crippen LogP contribution in [-0.4, -0.2) is 13.5 Å². The summed E-state index contributed by atoms with van der Waals surface area (Å²) in [5.74, 6) is -0.341. The van der Waals surface area contributed by atoms with Gasteiger partial charge in [-0.25, -0.2) is 8.42 Å². The van der Waals surface area contributed by atoms with Gasteiger partial charge < -0.3 is 5.11 Å². The molecule has 1 aliphatic carbocycles. The fourth-order valence-electron chi connectivity index (χ4n) is 2.37. The SMILES string of the molecule is O=S(=O)(Cl)Cc1cc2c(c(Br)c1O)CCCCC2. The number of benzene rings is 1. The zero-order valence-electron chi connectivity index (χ0n) is 9.75. The number of hydrogen-bond donors (Lipinski definition) is 1. The van der Waals surface area contributed by atoms with E-state index in [-0.39, 0.29) is 11.5 Å². The fraction of sp³-hybridized carbons (Fsp3) is 0.500. The van der Waals surface area contributed by atoms with Crippen molar-refractivity contribution in [2.45, 2.75) is 37.9 Å². The molecule has 0 aromatic heterocycles. The summed E-state index contributed by atoms with van der Waals surface area (Å²) in [4.78, 5) is 0. The van der Waals surface area contributed by atoms with Crippen molar-refractivity contribution in [3.05, 3.63) is 27.2 Å². The normalized spacial score (nSPS) is 16.1. The summed E-state index contributed by atoms with van der Waals surface area (Å²) < 4.78 is 22.9. The Balaban J connectivity index is 2.50. The minimum Gasteiger partial charge on any atom is -0.506 e. The maximum Gasteiger partial charge on any atom is 0.236 e. The van der Waals surface area contributed by atoms with E-state index in [1.165, 1.54) is 0 Å². The maximum absolute atomic E-state index is 11.1. The second-order valence-electron chi connectivity index (χ2n) is 4.58. The molecular formula is C12H14BrClO3S. The van der Waals surface area contributed by atoms with Crippen LogP contribution in [0.4, 0.5) is 0 Å². The molecule has 0 saturated heterocycles. The molecular weight excluding hydrogens is 340 g/mol. The lowest BCUT2D eigenvalue weighted by atomic mass is 10.00. The lowest BCUT2D eigenvalue weighted by molar-refractivity contribution is 0.465. The van der Waals surface area contributed by atoms with Crippen molar-refractivity contribution in [3.63, 3.8) is 0 Å². The number of halogens is 2. The van der Waals surface area contributed by atoms with Crippen LogP contribution in [0.1, 0.15) is 36.0 Å². The molecule has 0 bridgehead atoms. The van der Waals surface area contributed by atoms with Gasteiger partial charge >= 0.3 is 0 Å². The number of aromatic hydroxyl groups is 1. The van der Waals surface area contributed by atoms with Gasteiger partial charge in [0.15, 0.2) is 0 Å². The van der Waals surface area contributed by atoms with Crippen LogP contribution in [0, 0.1) is 0 Å². The molecule has 0 unspecified atom stereocenters. The van der Waals surface area contributed by atoms with E-state index in [0.29, 0.717) is 10.0 Å². The number of hydrogen-bond acceptors (Lipinski definition) is 3. The molecule has 0 spiro atoms. The van der Waals surface area contributed by atoms with E-state index in [1.807, 2.05) is 0 Å². The number of phenolic OH excluding ortho intramolecular Hbond substituents is 1. The third-order valence-electron chi connectivity index (χ3n) is 3.21. The monoisotopic (exact) mass is 352 g/mol. The van der Waals surface area contributed by atoms with Crippen LogP contribution in [0.5, 0.6) is 5.75 Å². The first-order chi connectivity index (χ1) is 8.38. The molecule has 0 aliphatic heterocycles. The Morgan fingerprint density at radius 2 is 1.94 bits per heavy atom. The molecule has 18 heavy (non-hydrogen) atoms. The first-order valence-corrected chi connectivity index (χ1v) is 9.10. The summed E-state index contributed by atoms with van der Waals surface area (Å²) in [6, 6.07) is 1.78. The van der Waals surface area contributed by atoms with Crippen LogP contribution in [0.15, 0.2) is 10.5 Å². The van der Waals surface area contributed by atoms with E-state index >= 15 is 0 Å². The van der Waals surface area contributed by atoms with Gasteiger partial charge in [0.1, 0.15) is 5.75 Å². The Labute approximate surface area is 120 Å². The average molecular weight is 354 g/mol. The molecule has 0 fully saturated rings. The minimum absolute atomic E-state index is 0.000116. The molecule has 1 aromatic carbocycles. The lowest BCUT2D eigenvalue weighted by Crippen LogP contribution is -2.01. The Bertz CT molecular complexity index is 569. The summed E-state index contributed by atoms with van der Waals surface area (Å²) in [5, 5.41) is 10.0. The Hall–Kier alpha value is -0.260. The van der Waals surface area contributed by atoms with Crippen LogP contribution < -0.4 is 0 Å². The van der Waals surface area contributed by atoms with Gasteiger partial charge in [0, 0.05) is 16.2 Å². The highest BCUT2D eigenvalue weighted by Gasteiger charge is 2.20. The standard InChI is InChI=1S/C12H14BrClO3S/c13-11-10-5-3-1-2-4-8(10)6-9(12(11)15)7-18(14,16)17/h6,15H,1-5,7H2. The molecule has 0 heterocycles. The molecule has 1 N–H and O–H groups in total. The minimum atomic E-state index is -3.66. The zero-order chi connectivity index (χ0) is 13.3. The smallest absolute Gasteiger partial charge is 0.236 e. The summed E-state index contributed by atoms with van der Waals surface area (Å²) >= 11 is 3.37. The highest BCUT2D eigenvalue weighted by molar-refractivity contribution is 9.10. The molecule has 6 heteroatoms. The Morgan fingerprint density at radius 1 is 1.28 bits per heavy atom. The summed E-state index contributed by atoms with van der Waals surface area (Å²) in [6.45, 7) is 0. The van der Waals surface area contributed by atoms with E-state index in [4.69, 9.17) is 10.7 Å². The molecule has 3 nitrogen and oxygen atoms in total. The van der Waals surface area contributed by atoms with Crippen LogP contribution in [0.3, 0.4) is 0 Å². The van der Waals surface area contributed by atoms with Gasteiger partial charge in [-0.1, -0.05) is 12.5 Å². The topological polar surface area (TPSA) is 54.4 Å². The predicted molar refractivity (Wildman–Crippen MR) is 75.5 cm³/mol. The van der Waals surface area contributed by atoms with Crippen molar-refractivity contribution < 1.29 is 13.5 Å². The van der Waals surface area contributed by atoms with E-state index in [2.05, 4.69) is 15.9 Å². The molecule has 0 amide bonds. The maximum atomic E-state index is 11.1. The highest BCUT2D eigenvalue weighted by Crippen LogP contribution is 2.38. The third-order valence-corrected chi connectivity index (χ3v) is 5.05. The second-order valence-corrected chi connectivity index (χ2v) is 8.15. The van der Waals surface area contributed by atoms with Crippen LogP contribution in [-0.2, 0) is 27.6 Å². The van der Waals surface area contributed by atoms with E-state index < -0.39 is 9.05 Å². The quantitative estimate of drug-likeness (QED) is 0.654. The average Bonchev–Trinajstić information content (AvgIpc) is 2.49. The van der Waals surface area contributed by atoms with Crippen molar-refractivity contribution in [2.24, 2.45) is 0 Å². The van der Waals surface area contributed by atoms with E-state index in [1.54, 1.807) is 6.07 Å². The molecule has 2 rings (SSSR count). The first kappa shape index (κ1) is 14.2. The van der Waals surface area contributed by atoms with Gasteiger partial charge in [-0.15, -0.1) is 0 Å². The summed E-state index contributed by atoms with van der Waals surface area (Å²) in [7, 11) is 1.59. The van der Waals surface area contributed by atoms with Crippen molar-refractivity contribution in [1.29, 1.82) is 0 Å². The molecule has 1 aromatic rings. The van der Waals surface area contributed by atoms with Gasteiger partial charge in [0.05, 0.1) is 10.2 Å². The number of aryl methyl sites for hydroxylation is 1. The lowest BCUT2D eigenvalue weighted by Gasteiger charge is -2.13. The summed E-state index contributed by atoms with van der Waals surface area (Å²) in [6.07, 6.45) is 5.18. The predicted octanol–water partition coefficient (Wildman–Crippen LogP) is 3.49.